The van der Waals surface area contributed by atoms with E-state index in [-0.39, 0.29) is 11.2 Å². The molecule has 0 radical (unpaired) electrons. The van der Waals surface area contributed by atoms with Crippen LogP contribution in [0.3, 0.4) is 0 Å². The van der Waals surface area contributed by atoms with Gasteiger partial charge in [-0.2, -0.15) is 0 Å². The smallest absolute Gasteiger partial charge is 0.174 e. The van der Waals surface area contributed by atoms with Crippen LogP contribution in [-0.2, 0) is 10.2 Å². The molecule has 1 heterocycles. The Morgan fingerprint density at radius 2 is 1.90 bits per heavy atom. The molecule has 0 saturated heterocycles. The van der Waals surface area contributed by atoms with Crippen molar-refractivity contribution in [3.63, 3.8) is 0 Å². The molecule has 0 aliphatic carbocycles. The van der Waals surface area contributed by atoms with E-state index >= 15 is 0 Å². The quantitative estimate of drug-likeness (QED) is 0.647. The lowest BCUT2D eigenvalue weighted by Gasteiger charge is -2.12. The number of rotatable bonds is 2. The Morgan fingerprint density at radius 3 is 2.38 bits per heavy atom. The van der Waals surface area contributed by atoms with Gasteiger partial charge in [-0.25, -0.2) is 0 Å². The maximum absolute atomic E-state index is 9.46. The number of anilines is 2. The number of phenolic OH excluding ortho intramolecular Hbond substituents is 1. The second-order valence-corrected chi connectivity index (χ2v) is 5.69. The lowest BCUT2D eigenvalue weighted by Crippen LogP contribution is -2.09. The molecule has 5 heteroatoms. The third kappa shape index (κ3) is 4.95. The largest absolute Gasteiger partial charge is 0.508 e. The second kappa shape index (κ2) is 6.92. The molecule has 0 aliphatic heterocycles. The number of carbonyl (C=O) groups is 1. The van der Waals surface area contributed by atoms with E-state index in [4.69, 9.17) is 9.32 Å². The van der Waals surface area contributed by atoms with Crippen LogP contribution in [0.15, 0.2) is 28.8 Å². The molecule has 0 aliphatic rings. The van der Waals surface area contributed by atoms with Crippen molar-refractivity contribution in [1.82, 2.24) is 5.16 Å². The fourth-order valence-electron chi connectivity index (χ4n) is 1.57. The summed E-state index contributed by atoms with van der Waals surface area (Å²) in [5.41, 5.74) is 1.64. The molecule has 2 aromatic rings. The lowest BCUT2D eigenvalue weighted by atomic mass is 9.93. The van der Waals surface area contributed by atoms with Crippen LogP contribution in [0.2, 0.25) is 0 Å². The van der Waals surface area contributed by atoms with Crippen molar-refractivity contribution in [2.24, 2.45) is 0 Å². The molecule has 1 aromatic carbocycles. The first-order valence-electron chi connectivity index (χ1n) is 6.71. The fraction of sp³-hybridized carbons (Fsp3) is 0.375. The van der Waals surface area contributed by atoms with Gasteiger partial charge in [0, 0.05) is 17.2 Å². The van der Waals surface area contributed by atoms with Gasteiger partial charge in [0.05, 0.1) is 0 Å². The molecule has 0 amide bonds. The molecular formula is C16H22N2O3. The maximum atomic E-state index is 9.46. The number of aromatic hydroxyl groups is 1. The minimum Gasteiger partial charge on any atom is -0.508 e. The summed E-state index contributed by atoms with van der Waals surface area (Å²) in [6.07, 6.45) is 0.750. The predicted molar refractivity (Wildman–Crippen MR) is 83.1 cm³/mol. The Hall–Kier alpha value is -2.30. The average Bonchev–Trinajstić information content (AvgIpc) is 2.83. The highest BCUT2D eigenvalue weighted by Gasteiger charge is 2.19. The summed E-state index contributed by atoms with van der Waals surface area (Å²) in [5, 5.41) is 16.6. The van der Waals surface area contributed by atoms with Crippen LogP contribution < -0.4 is 5.32 Å². The second-order valence-electron chi connectivity index (χ2n) is 5.69. The van der Waals surface area contributed by atoms with Gasteiger partial charge in [-0.05, 0) is 37.6 Å². The SMILES string of the molecule is CC=O.Cc1cc(Nc2cc(C(C)(C)C)on2)ccc1O. The number of aryl methyl sites for hydroxylation is 1. The number of aromatic nitrogens is 1. The van der Waals surface area contributed by atoms with Crippen molar-refractivity contribution in [1.29, 1.82) is 0 Å². The Morgan fingerprint density at radius 1 is 1.29 bits per heavy atom. The highest BCUT2D eigenvalue weighted by molar-refractivity contribution is 5.59. The molecule has 21 heavy (non-hydrogen) atoms. The number of hydrogen-bond donors (Lipinski definition) is 2. The standard InChI is InChI=1S/C14H18N2O2.C2H4O/c1-9-7-10(5-6-11(9)17)15-13-8-12(18-16-13)14(2,3)4;1-2-3/h5-8,17H,1-4H3,(H,15,16);2H,1H3. The van der Waals surface area contributed by atoms with Crippen molar-refractivity contribution in [2.75, 3.05) is 5.32 Å². The number of benzene rings is 1. The number of nitrogens with zero attached hydrogens (tertiary/aromatic N) is 1. The van der Waals surface area contributed by atoms with Crippen LogP contribution >= 0.6 is 0 Å². The molecule has 0 saturated carbocycles. The van der Waals surface area contributed by atoms with Crippen LogP contribution in [0.1, 0.15) is 39.0 Å². The molecule has 0 fully saturated rings. The van der Waals surface area contributed by atoms with Gasteiger partial charge in [0.2, 0.25) is 0 Å². The van der Waals surface area contributed by atoms with Crippen molar-refractivity contribution >= 4 is 17.8 Å². The molecule has 0 atom stereocenters. The molecule has 0 unspecified atom stereocenters. The average molecular weight is 290 g/mol. The summed E-state index contributed by atoms with van der Waals surface area (Å²) in [6, 6.07) is 7.21. The van der Waals surface area contributed by atoms with Gasteiger partial charge in [0.25, 0.3) is 0 Å². The summed E-state index contributed by atoms with van der Waals surface area (Å²) in [7, 11) is 0. The van der Waals surface area contributed by atoms with Crippen molar-refractivity contribution in [3.8, 4) is 5.75 Å². The molecule has 2 N–H and O–H groups in total. The van der Waals surface area contributed by atoms with Crippen LogP contribution in [0.25, 0.3) is 0 Å². The monoisotopic (exact) mass is 290 g/mol. The van der Waals surface area contributed by atoms with E-state index in [0.29, 0.717) is 5.82 Å². The third-order valence-electron chi connectivity index (χ3n) is 2.72. The minimum absolute atomic E-state index is 0.0577. The van der Waals surface area contributed by atoms with E-state index in [1.165, 1.54) is 6.92 Å². The minimum atomic E-state index is -0.0577. The molecule has 5 nitrogen and oxygen atoms in total. The summed E-state index contributed by atoms with van der Waals surface area (Å²) in [5.74, 6) is 1.79. The summed E-state index contributed by atoms with van der Waals surface area (Å²) >= 11 is 0. The number of hydrogen-bond acceptors (Lipinski definition) is 5. The van der Waals surface area contributed by atoms with E-state index in [2.05, 4.69) is 31.2 Å². The van der Waals surface area contributed by atoms with Gasteiger partial charge in [0.15, 0.2) is 5.82 Å². The zero-order valence-corrected chi connectivity index (χ0v) is 13.1. The first-order chi connectivity index (χ1) is 9.77. The van der Waals surface area contributed by atoms with Crippen LogP contribution in [0.5, 0.6) is 5.75 Å². The first kappa shape index (κ1) is 16.8. The van der Waals surface area contributed by atoms with E-state index in [9.17, 15) is 5.11 Å². The van der Waals surface area contributed by atoms with Gasteiger partial charge in [-0.15, -0.1) is 0 Å². The maximum Gasteiger partial charge on any atom is 0.174 e. The fourth-order valence-corrected chi connectivity index (χ4v) is 1.57. The van der Waals surface area contributed by atoms with Crippen LogP contribution in [0, 0.1) is 6.92 Å². The van der Waals surface area contributed by atoms with Crippen LogP contribution in [-0.4, -0.2) is 16.5 Å². The normalized spacial score (nSPS) is 10.5. The van der Waals surface area contributed by atoms with Crippen molar-refractivity contribution in [2.45, 2.75) is 40.0 Å². The van der Waals surface area contributed by atoms with Gasteiger partial charge in [0.1, 0.15) is 17.8 Å². The van der Waals surface area contributed by atoms with Gasteiger partial charge < -0.3 is 19.7 Å². The highest BCUT2D eigenvalue weighted by Crippen LogP contribution is 2.27. The number of phenols is 1. The lowest BCUT2D eigenvalue weighted by molar-refractivity contribution is -0.106. The van der Waals surface area contributed by atoms with E-state index < -0.39 is 0 Å². The van der Waals surface area contributed by atoms with E-state index in [1.54, 1.807) is 12.1 Å². The number of aldehydes is 1. The molecule has 1 aromatic heterocycles. The summed E-state index contributed by atoms with van der Waals surface area (Å²) in [6.45, 7) is 9.51. The first-order valence-corrected chi connectivity index (χ1v) is 6.71. The number of nitrogens with one attached hydrogen (secondary N) is 1. The number of carbonyl (C=O) groups excluding carboxylic acids is 1. The summed E-state index contributed by atoms with van der Waals surface area (Å²) in [4.78, 5) is 8.81. The van der Waals surface area contributed by atoms with Gasteiger partial charge >= 0.3 is 0 Å². The highest BCUT2D eigenvalue weighted by atomic mass is 16.5. The molecule has 0 bridgehead atoms. The van der Waals surface area contributed by atoms with Crippen molar-refractivity contribution in [3.05, 3.63) is 35.6 Å². The Kier molecular flexibility index (Phi) is 5.52. The Balaban J connectivity index is 0.000000677. The predicted octanol–water partition coefficient (Wildman–Crippen LogP) is 3.93. The molecular weight excluding hydrogens is 268 g/mol. The zero-order chi connectivity index (χ0) is 16.0. The Labute approximate surface area is 125 Å². The van der Waals surface area contributed by atoms with E-state index in [0.717, 1.165) is 23.3 Å². The summed E-state index contributed by atoms with van der Waals surface area (Å²) < 4.78 is 5.29. The van der Waals surface area contributed by atoms with Gasteiger partial charge in [-0.3, -0.25) is 0 Å². The van der Waals surface area contributed by atoms with Gasteiger partial charge in [-0.1, -0.05) is 25.9 Å². The molecule has 2 rings (SSSR count). The topological polar surface area (TPSA) is 75.4 Å². The zero-order valence-electron chi connectivity index (χ0n) is 13.1. The van der Waals surface area contributed by atoms with Crippen molar-refractivity contribution < 1.29 is 14.4 Å². The molecule has 114 valence electrons. The van der Waals surface area contributed by atoms with Crippen LogP contribution in [0.4, 0.5) is 11.5 Å². The molecule has 0 spiro atoms. The Bertz CT molecular complexity index is 598. The third-order valence-corrected chi connectivity index (χ3v) is 2.72. The van der Waals surface area contributed by atoms with E-state index in [1.807, 2.05) is 19.1 Å².